The van der Waals surface area contributed by atoms with Gasteiger partial charge in [-0.2, -0.15) is 5.26 Å². The molecule has 0 aliphatic heterocycles. The molecule has 0 aliphatic carbocycles. The van der Waals surface area contributed by atoms with E-state index < -0.39 is 0 Å². The Hall–Kier alpha value is -1.84. The molecule has 0 saturated carbocycles. The number of rotatable bonds is 8. The fourth-order valence-corrected chi connectivity index (χ4v) is 3.55. The van der Waals surface area contributed by atoms with Crippen LogP contribution >= 0.6 is 11.8 Å². The Morgan fingerprint density at radius 2 is 1.96 bits per heavy atom. The van der Waals surface area contributed by atoms with Gasteiger partial charge in [-0.25, -0.2) is 0 Å². The number of hydrogen-bond donors (Lipinski definition) is 1. The maximum atomic E-state index is 9.01. The van der Waals surface area contributed by atoms with Crippen LogP contribution in [-0.2, 0) is 6.54 Å². The maximum absolute atomic E-state index is 9.01. The lowest BCUT2D eigenvalue weighted by atomic mass is 10.2. The van der Waals surface area contributed by atoms with Gasteiger partial charge >= 0.3 is 0 Å². The first-order chi connectivity index (χ1) is 11.6. The Bertz CT molecular complexity index is 674. The van der Waals surface area contributed by atoms with Crippen LogP contribution in [0.3, 0.4) is 0 Å². The largest absolute Gasteiger partial charge is 0.331 e. The lowest BCUT2D eigenvalue weighted by molar-refractivity contribution is -0.893. The highest BCUT2D eigenvalue weighted by atomic mass is 32.2. The minimum atomic E-state index is 0.00164. The molecular formula is C18H26N5S+. The van der Waals surface area contributed by atoms with Crippen molar-refractivity contribution < 1.29 is 4.90 Å². The van der Waals surface area contributed by atoms with E-state index in [2.05, 4.69) is 66.1 Å². The van der Waals surface area contributed by atoms with Gasteiger partial charge in [-0.05, 0) is 12.5 Å². The number of quaternary nitrogens is 1. The third kappa shape index (κ3) is 4.59. The average Bonchev–Trinajstić information content (AvgIpc) is 2.96. The van der Waals surface area contributed by atoms with Gasteiger partial charge in [0.2, 0.25) is 0 Å². The minimum Gasteiger partial charge on any atom is -0.331 e. The number of benzene rings is 1. The van der Waals surface area contributed by atoms with E-state index in [1.165, 1.54) is 10.5 Å². The van der Waals surface area contributed by atoms with Gasteiger partial charge in [0.15, 0.2) is 11.0 Å². The van der Waals surface area contributed by atoms with Gasteiger partial charge in [0, 0.05) is 12.2 Å². The molecule has 0 amide bonds. The molecule has 0 fully saturated rings. The molecule has 6 heteroatoms. The summed E-state index contributed by atoms with van der Waals surface area (Å²) in [5.74, 6) is 1.75. The Balaban J connectivity index is 2.33. The van der Waals surface area contributed by atoms with Crippen molar-refractivity contribution in [2.75, 3.05) is 19.8 Å². The van der Waals surface area contributed by atoms with Crippen molar-refractivity contribution in [1.29, 1.82) is 5.26 Å². The zero-order valence-electron chi connectivity index (χ0n) is 14.9. The highest BCUT2D eigenvalue weighted by Gasteiger charge is 2.25. The Morgan fingerprint density at radius 1 is 1.25 bits per heavy atom. The van der Waals surface area contributed by atoms with Crippen LogP contribution < -0.4 is 4.90 Å². The Labute approximate surface area is 148 Å². The zero-order chi connectivity index (χ0) is 17.5. The van der Waals surface area contributed by atoms with Crippen LogP contribution in [0.5, 0.6) is 0 Å². The van der Waals surface area contributed by atoms with E-state index in [0.717, 1.165) is 29.7 Å². The summed E-state index contributed by atoms with van der Waals surface area (Å²) >= 11 is 1.62. The molecule has 0 unspecified atom stereocenters. The molecule has 5 nitrogen and oxygen atoms in total. The van der Waals surface area contributed by atoms with E-state index in [1.807, 2.05) is 13.0 Å². The summed E-state index contributed by atoms with van der Waals surface area (Å²) in [6.45, 7) is 4.88. The van der Waals surface area contributed by atoms with Crippen LogP contribution in [0.15, 0.2) is 35.5 Å². The molecule has 2 rings (SSSR count). The number of nitriles is 1. The van der Waals surface area contributed by atoms with Crippen LogP contribution in [0.25, 0.3) is 0 Å². The first kappa shape index (κ1) is 18.5. The number of nitrogens with one attached hydrogen (secondary N) is 1. The van der Waals surface area contributed by atoms with Crippen molar-refractivity contribution in [2.24, 2.45) is 5.92 Å². The maximum Gasteiger partial charge on any atom is 0.192 e. The van der Waals surface area contributed by atoms with Crippen LogP contribution in [0.1, 0.15) is 37.7 Å². The second kappa shape index (κ2) is 8.86. The van der Waals surface area contributed by atoms with Crippen molar-refractivity contribution in [1.82, 2.24) is 14.8 Å². The van der Waals surface area contributed by atoms with E-state index in [4.69, 9.17) is 5.26 Å². The lowest BCUT2D eigenvalue weighted by Crippen LogP contribution is -3.06. The predicted molar refractivity (Wildman–Crippen MR) is 96.9 cm³/mol. The van der Waals surface area contributed by atoms with Gasteiger partial charge in [0.25, 0.3) is 0 Å². The van der Waals surface area contributed by atoms with Crippen molar-refractivity contribution in [3.63, 3.8) is 0 Å². The average molecular weight is 345 g/mol. The van der Waals surface area contributed by atoms with Crippen molar-refractivity contribution in [2.45, 2.75) is 38.0 Å². The van der Waals surface area contributed by atoms with Crippen LogP contribution in [0.2, 0.25) is 0 Å². The normalized spacial score (nSPS) is 13.7. The number of thioether (sulfide) groups is 1. The van der Waals surface area contributed by atoms with E-state index >= 15 is 0 Å². The van der Waals surface area contributed by atoms with Gasteiger partial charge in [-0.1, -0.05) is 49.0 Å². The van der Waals surface area contributed by atoms with Gasteiger partial charge in [-0.3, -0.25) is 4.57 Å². The summed E-state index contributed by atoms with van der Waals surface area (Å²) in [6.07, 6.45) is 1.01. The van der Waals surface area contributed by atoms with Crippen molar-refractivity contribution >= 4 is 11.8 Å². The summed E-state index contributed by atoms with van der Waals surface area (Å²) < 4.78 is 2.21. The molecule has 1 N–H and O–H groups in total. The standard InChI is InChI=1S/C18H25N5S/c1-5-16(22(3)4)17-20-21-18(24-13-14(2)11-19)23(17)12-15-9-7-6-8-10-15/h6-10,14,16H,5,12-13H2,1-4H3/p+1/t14-,16+/m1/s1. The van der Waals surface area contributed by atoms with E-state index in [-0.39, 0.29) is 5.92 Å². The lowest BCUT2D eigenvalue weighted by Gasteiger charge is -2.20. The van der Waals surface area contributed by atoms with Gasteiger partial charge < -0.3 is 4.90 Å². The molecule has 128 valence electrons. The monoisotopic (exact) mass is 344 g/mol. The summed E-state index contributed by atoms with van der Waals surface area (Å²) in [7, 11) is 4.31. The molecule has 1 aromatic heterocycles. The third-order valence-electron chi connectivity index (χ3n) is 4.03. The summed E-state index contributed by atoms with van der Waals surface area (Å²) in [6, 6.07) is 13.0. The minimum absolute atomic E-state index is 0.00164. The van der Waals surface area contributed by atoms with Crippen molar-refractivity contribution in [3.05, 3.63) is 41.7 Å². The van der Waals surface area contributed by atoms with Gasteiger partial charge in [0.1, 0.15) is 6.04 Å². The summed E-state index contributed by atoms with van der Waals surface area (Å²) in [4.78, 5) is 1.35. The Kier molecular flexibility index (Phi) is 6.83. The molecule has 0 radical (unpaired) electrons. The van der Waals surface area contributed by atoms with Gasteiger partial charge in [-0.15, -0.1) is 10.2 Å². The molecule has 2 atom stereocenters. The highest BCUT2D eigenvalue weighted by molar-refractivity contribution is 7.99. The SMILES string of the molecule is CC[C@@H](c1nnc(SC[C@H](C)C#N)n1Cc1ccccc1)[NH+](C)C. The quantitative estimate of drug-likeness (QED) is 0.746. The molecular weight excluding hydrogens is 318 g/mol. The zero-order valence-corrected chi connectivity index (χ0v) is 15.7. The second-order valence-electron chi connectivity index (χ2n) is 6.29. The highest BCUT2D eigenvalue weighted by Crippen LogP contribution is 2.24. The molecule has 1 heterocycles. The number of nitrogens with zero attached hydrogens (tertiary/aromatic N) is 4. The van der Waals surface area contributed by atoms with Gasteiger partial charge in [0.05, 0.1) is 32.6 Å². The molecule has 24 heavy (non-hydrogen) atoms. The fraction of sp³-hybridized carbons (Fsp3) is 0.500. The molecule has 2 aromatic rings. The topological polar surface area (TPSA) is 58.9 Å². The van der Waals surface area contributed by atoms with Crippen molar-refractivity contribution in [3.8, 4) is 6.07 Å². The molecule has 0 aliphatic rings. The van der Waals surface area contributed by atoms with E-state index in [1.54, 1.807) is 11.8 Å². The third-order valence-corrected chi connectivity index (χ3v) is 5.26. The smallest absolute Gasteiger partial charge is 0.192 e. The number of aromatic nitrogens is 3. The first-order valence-electron chi connectivity index (χ1n) is 8.36. The Morgan fingerprint density at radius 3 is 2.54 bits per heavy atom. The van der Waals surface area contributed by atoms with Crippen LogP contribution in [0.4, 0.5) is 0 Å². The summed E-state index contributed by atoms with van der Waals surface area (Å²) in [5, 5.41) is 18.8. The summed E-state index contributed by atoms with van der Waals surface area (Å²) in [5.41, 5.74) is 1.23. The van der Waals surface area contributed by atoms with Crippen LogP contribution in [-0.4, -0.2) is 34.6 Å². The van der Waals surface area contributed by atoms with Crippen LogP contribution in [0, 0.1) is 17.2 Å². The molecule has 0 spiro atoms. The fourth-order valence-electron chi connectivity index (χ4n) is 2.66. The second-order valence-corrected chi connectivity index (χ2v) is 7.28. The van der Waals surface area contributed by atoms with E-state index in [0.29, 0.717) is 6.04 Å². The van der Waals surface area contributed by atoms with E-state index in [9.17, 15) is 0 Å². The predicted octanol–water partition coefficient (Wildman–Crippen LogP) is 2.17. The molecule has 1 aromatic carbocycles. The molecule has 0 bridgehead atoms. The first-order valence-corrected chi connectivity index (χ1v) is 9.34. The number of hydrogen-bond acceptors (Lipinski definition) is 4. The molecule has 0 saturated heterocycles.